The molecule has 2 aromatic rings. The number of halogens is 1. The Hall–Kier alpha value is -1.79. The first-order valence-electron chi connectivity index (χ1n) is 9.14. The Bertz CT molecular complexity index is 894. The summed E-state index contributed by atoms with van der Waals surface area (Å²) in [4.78, 5) is 8.75. The number of hydrogen-bond donors (Lipinski definition) is 5. The number of aromatic nitrogens is 2. The summed E-state index contributed by atoms with van der Waals surface area (Å²) in [7, 11) is -3.62. The molecule has 0 aliphatic heterocycles. The summed E-state index contributed by atoms with van der Waals surface area (Å²) in [5.74, 6) is 1.08. The van der Waals surface area contributed by atoms with E-state index in [2.05, 4.69) is 41.3 Å². The Labute approximate surface area is 179 Å². The maximum atomic E-state index is 12.2. The lowest BCUT2D eigenvalue weighted by atomic mass is 10.1. The van der Waals surface area contributed by atoms with Crippen LogP contribution in [0.15, 0.2) is 39.8 Å². The van der Waals surface area contributed by atoms with E-state index < -0.39 is 10.0 Å². The number of aliphatic hydroxyl groups is 2. The fourth-order valence-corrected chi connectivity index (χ4v) is 3.72. The third-order valence-corrected chi connectivity index (χ3v) is 6.17. The molecule has 1 atom stereocenters. The van der Waals surface area contributed by atoms with Gasteiger partial charge >= 0.3 is 0 Å². The van der Waals surface area contributed by atoms with E-state index in [9.17, 15) is 13.5 Å². The van der Waals surface area contributed by atoms with Crippen LogP contribution in [0.3, 0.4) is 0 Å². The number of anilines is 3. The molecule has 0 saturated carbocycles. The number of sulfonamides is 1. The summed E-state index contributed by atoms with van der Waals surface area (Å²) in [6, 6.07) is 6.02. The minimum atomic E-state index is -3.62. The monoisotopic (exact) mass is 487 g/mol. The van der Waals surface area contributed by atoms with Crippen LogP contribution in [0.5, 0.6) is 0 Å². The average molecular weight is 488 g/mol. The number of aliphatic hydroxyl groups excluding tert-OH is 2. The zero-order chi connectivity index (χ0) is 21.4. The van der Waals surface area contributed by atoms with Crippen molar-refractivity contribution in [1.82, 2.24) is 14.7 Å². The minimum Gasteiger partial charge on any atom is -0.396 e. The Morgan fingerprint density at radius 3 is 2.45 bits per heavy atom. The summed E-state index contributed by atoms with van der Waals surface area (Å²) < 4.78 is 27.4. The fraction of sp³-hybridized carbons (Fsp3) is 0.444. The van der Waals surface area contributed by atoms with E-state index in [4.69, 9.17) is 5.11 Å². The molecule has 5 N–H and O–H groups in total. The van der Waals surface area contributed by atoms with Crippen molar-refractivity contribution in [3.8, 4) is 0 Å². The van der Waals surface area contributed by atoms with Crippen LogP contribution in [0.1, 0.15) is 20.3 Å². The number of hydrogen-bond acceptors (Lipinski definition) is 8. The van der Waals surface area contributed by atoms with Crippen molar-refractivity contribution in [2.45, 2.75) is 31.2 Å². The lowest BCUT2D eigenvalue weighted by Crippen LogP contribution is -2.30. The van der Waals surface area contributed by atoms with Gasteiger partial charge < -0.3 is 20.8 Å². The van der Waals surface area contributed by atoms with Crippen molar-refractivity contribution < 1.29 is 18.6 Å². The molecule has 9 nitrogen and oxygen atoms in total. The van der Waals surface area contributed by atoms with Gasteiger partial charge in [0, 0.05) is 25.0 Å². The highest BCUT2D eigenvalue weighted by atomic mass is 79.9. The van der Waals surface area contributed by atoms with Gasteiger partial charge in [0.1, 0.15) is 5.82 Å². The van der Waals surface area contributed by atoms with E-state index in [1.54, 1.807) is 18.3 Å². The number of nitrogens with one attached hydrogen (secondary N) is 3. The van der Waals surface area contributed by atoms with Crippen LogP contribution in [-0.2, 0) is 10.0 Å². The van der Waals surface area contributed by atoms with Crippen LogP contribution in [0.25, 0.3) is 0 Å². The molecule has 1 aromatic carbocycles. The van der Waals surface area contributed by atoms with E-state index in [0.29, 0.717) is 28.3 Å². The summed E-state index contributed by atoms with van der Waals surface area (Å²) in [6.45, 7) is 4.06. The molecule has 0 spiro atoms. The Morgan fingerprint density at radius 2 is 1.86 bits per heavy atom. The minimum absolute atomic E-state index is 0.0286. The second-order valence-electron chi connectivity index (χ2n) is 6.69. The average Bonchev–Trinajstić information content (AvgIpc) is 2.68. The molecule has 0 bridgehead atoms. The fourth-order valence-electron chi connectivity index (χ4n) is 2.34. The van der Waals surface area contributed by atoms with Gasteiger partial charge in [0.2, 0.25) is 16.0 Å². The van der Waals surface area contributed by atoms with Gasteiger partial charge in [-0.05, 0) is 52.5 Å². The van der Waals surface area contributed by atoms with Crippen LogP contribution in [0, 0.1) is 5.92 Å². The van der Waals surface area contributed by atoms with Crippen molar-refractivity contribution in [2.75, 3.05) is 30.4 Å². The van der Waals surface area contributed by atoms with Crippen LogP contribution in [0.4, 0.5) is 17.5 Å². The number of rotatable bonds is 11. The van der Waals surface area contributed by atoms with Gasteiger partial charge in [-0.1, -0.05) is 13.8 Å². The zero-order valence-corrected chi connectivity index (χ0v) is 18.7. The van der Waals surface area contributed by atoms with Gasteiger partial charge in [0.05, 0.1) is 22.0 Å². The summed E-state index contributed by atoms with van der Waals surface area (Å²) in [5, 5.41) is 24.5. The first-order chi connectivity index (χ1) is 13.8. The molecule has 0 saturated heterocycles. The molecule has 0 amide bonds. The van der Waals surface area contributed by atoms with E-state index in [-0.39, 0.29) is 36.6 Å². The predicted octanol–water partition coefficient (Wildman–Crippen LogP) is 2.07. The lowest BCUT2D eigenvalue weighted by Gasteiger charge is -2.21. The van der Waals surface area contributed by atoms with Gasteiger partial charge in [-0.3, -0.25) is 0 Å². The van der Waals surface area contributed by atoms with Crippen LogP contribution < -0.4 is 15.4 Å². The molecule has 1 heterocycles. The number of benzene rings is 1. The SMILES string of the molecule is CC(C)[C@@H](CO)Nc1nc(Nc2ccc(S(=O)(=O)NCCCO)cc2)ncc1Br. The van der Waals surface area contributed by atoms with Crippen molar-refractivity contribution >= 4 is 43.4 Å². The second-order valence-corrected chi connectivity index (χ2v) is 9.31. The van der Waals surface area contributed by atoms with Gasteiger partial charge in [0.15, 0.2) is 0 Å². The molecular formula is C18H26BrN5O4S. The highest BCUT2D eigenvalue weighted by Crippen LogP contribution is 2.24. The van der Waals surface area contributed by atoms with E-state index in [1.165, 1.54) is 12.1 Å². The topological polar surface area (TPSA) is 136 Å². The molecule has 2 rings (SSSR count). The summed E-state index contributed by atoms with van der Waals surface area (Å²) >= 11 is 3.39. The molecule has 160 valence electrons. The van der Waals surface area contributed by atoms with E-state index in [0.717, 1.165) is 0 Å². The maximum absolute atomic E-state index is 12.2. The summed E-state index contributed by atoms with van der Waals surface area (Å²) in [6.07, 6.45) is 1.94. The number of nitrogens with zero attached hydrogens (tertiary/aromatic N) is 2. The maximum Gasteiger partial charge on any atom is 0.240 e. The molecule has 0 radical (unpaired) electrons. The van der Waals surface area contributed by atoms with Crippen LogP contribution in [0.2, 0.25) is 0 Å². The van der Waals surface area contributed by atoms with Gasteiger partial charge in [-0.2, -0.15) is 4.98 Å². The van der Waals surface area contributed by atoms with Gasteiger partial charge in [-0.15, -0.1) is 0 Å². The Balaban J connectivity index is 2.11. The summed E-state index contributed by atoms with van der Waals surface area (Å²) in [5.41, 5.74) is 0.621. The van der Waals surface area contributed by atoms with Crippen LogP contribution in [-0.4, -0.2) is 54.4 Å². The predicted molar refractivity (Wildman–Crippen MR) is 116 cm³/mol. The van der Waals surface area contributed by atoms with Crippen molar-refractivity contribution in [3.05, 3.63) is 34.9 Å². The smallest absolute Gasteiger partial charge is 0.240 e. The van der Waals surface area contributed by atoms with Crippen molar-refractivity contribution in [3.63, 3.8) is 0 Å². The molecule has 0 unspecified atom stereocenters. The van der Waals surface area contributed by atoms with Gasteiger partial charge in [-0.25, -0.2) is 18.1 Å². The Morgan fingerprint density at radius 1 is 1.17 bits per heavy atom. The zero-order valence-electron chi connectivity index (χ0n) is 16.3. The van der Waals surface area contributed by atoms with Gasteiger partial charge in [0.25, 0.3) is 0 Å². The largest absolute Gasteiger partial charge is 0.396 e. The standard InChI is InChI=1S/C18H26BrN5O4S/c1-12(2)16(11-26)23-17-15(19)10-20-18(24-17)22-13-4-6-14(7-5-13)29(27,28)21-8-3-9-25/h4-7,10,12,16,21,25-26H,3,8-9,11H2,1-2H3,(H2,20,22,23,24)/t16-/m1/s1. The normalized spacial score (nSPS) is 12.8. The third kappa shape index (κ3) is 6.89. The first-order valence-corrected chi connectivity index (χ1v) is 11.4. The highest BCUT2D eigenvalue weighted by molar-refractivity contribution is 9.10. The molecule has 0 aliphatic carbocycles. The third-order valence-electron chi connectivity index (χ3n) is 4.12. The van der Waals surface area contributed by atoms with Crippen molar-refractivity contribution in [1.29, 1.82) is 0 Å². The first kappa shape index (κ1) is 23.5. The highest BCUT2D eigenvalue weighted by Gasteiger charge is 2.16. The second kappa shape index (κ2) is 10.8. The Kier molecular flexibility index (Phi) is 8.78. The lowest BCUT2D eigenvalue weighted by molar-refractivity contribution is 0.249. The van der Waals surface area contributed by atoms with Crippen molar-refractivity contribution in [2.24, 2.45) is 5.92 Å². The van der Waals surface area contributed by atoms with E-state index in [1.807, 2.05) is 13.8 Å². The van der Waals surface area contributed by atoms with Crippen LogP contribution >= 0.6 is 15.9 Å². The molecule has 11 heteroatoms. The molecular weight excluding hydrogens is 462 g/mol. The molecule has 0 fully saturated rings. The molecule has 29 heavy (non-hydrogen) atoms. The van der Waals surface area contributed by atoms with E-state index >= 15 is 0 Å². The quantitative estimate of drug-likeness (QED) is 0.303. The molecule has 1 aromatic heterocycles. The molecule has 0 aliphatic rings.